The fraction of sp³-hybridized carbons (Fsp3) is 0.0556. The van der Waals surface area contributed by atoms with Gasteiger partial charge in [0.05, 0.1) is 23.7 Å². The average Bonchev–Trinajstić information content (AvgIpc) is 3.12. The summed E-state index contributed by atoms with van der Waals surface area (Å²) in [5, 5.41) is 5.19. The van der Waals surface area contributed by atoms with Gasteiger partial charge in [0.25, 0.3) is 11.8 Å². The Labute approximate surface area is 142 Å². The quantitative estimate of drug-likeness (QED) is 0.760. The maximum atomic E-state index is 13.7. The molecule has 6 nitrogen and oxygen atoms in total. The molecule has 0 atom stereocenters. The highest BCUT2D eigenvalue weighted by molar-refractivity contribution is 6.05. The molecule has 2 aromatic heterocycles. The van der Waals surface area contributed by atoms with Crippen LogP contribution in [0.15, 0.2) is 59.3 Å². The van der Waals surface area contributed by atoms with E-state index in [1.54, 1.807) is 25.1 Å². The summed E-state index contributed by atoms with van der Waals surface area (Å²) >= 11 is 0. The Hall–Kier alpha value is -3.48. The van der Waals surface area contributed by atoms with E-state index in [2.05, 4.69) is 15.6 Å². The maximum Gasteiger partial charge on any atom is 0.292 e. The Morgan fingerprint density at radius 2 is 1.88 bits per heavy atom. The van der Waals surface area contributed by atoms with Crippen molar-refractivity contribution >= 4 is 23.3 Å². The van der Waals surface area contributed by atoms with Gasteiger partial charge in [-0.25, -0.2) is 9.37 Å². The largest absolute Gasteiger partial charge is 0.459 e. The monoisotopic (exact) mass is 339 g/mol. The van der Waals surface area contributed by atoms with Crippen LogP contribution in [-0.4, -0.2) is 16.8 Å². The molecule has 0 bridgehead atoms. The first-order chi connectivity index (χ1) is 12.0. The first-order valence-electron chi connectivity index (χ1n) is 7.42. The standard InChI is InChI=1S/C18H14FN3O3/c1-11-9-16(22-18(24)15-7-4-8-25-15)20-10-14(11)21-17(23)12-5-2-3-6-13(12)19/h2-10H,1H3,(H,21,23)(H,20,22,24). The summed E-state index contributed by atoms with van der Waals surface area (Å²) in [7, 11) is 0. The summed E-state index contributed by atoms with van der Waals surface area (Å²) in [5.74, 6) is -1.14. The van der Waals surface area contributed by atoms with Gasteiger partial charge in [0.1, 0.15) is 11.6 Å². The number of anilines is 2. The van der Waals surface area contributed by atoms with Gasteiger partial charge in [-0.2, -0.15) is 0 Å². The van der Waals surface area contributed by atoms with Crippen molar-refractivity contribution in [2.75, 3.05) is 10.6 Å². The maximum absolute atomic E-state index is 13.7. The Bertz CT molecular complexity index is 923. The number of carbonyl (C=O) groups excluding carboxylic acids is 2. The van der Waals surface area contributed by atoms with E-state index >= 15 is 0 Å². The SMILES string of the molecule is Cc1cc(NC(=O)c2ccco2)ncc1NC(=O)c1ccccc1F. The van der Waals surface area contributed by atoms with Crippen LogP contribution in [0.2, 0.25) is 0 Å². The number of aryl methyl sites for hydroxylation is 1. The van der Waals surface area contributed by atoms with Crippen molar-refractivity contribution in [3.8, 4) is 0 Å². The van der Waals surface area contributed by atoms with Gasteiger partial charge in [0.15, 0.2) is 5.76 Å². The van der Waals surface area contributed by atoms with Gasteiger partial charge in [-0.1, -0.05) is 12.1 Å². The van der Waals surface area contributed by atoms with Crippen LogP contribution in [0.4, 0.5) is 15.9 Å². The Balaban J connectivity index is 1.73. The van der Waals surface area contributed by atoms with Crippen molar-refractivity contribution in [1.82, 2.24) is 4.98 Å². The molecule has 0 aliphatic heterocycles. The van der Waals surface area contributed by atoms with Crippen molar-refractivity contribution in [2.45, 2.75) is 6.92 Å². The molecule has 25 heavy (non-hydrogen) atoms. The number of amides is 2. The van der Waals surface area contributed by atoms with E-state index < -0.39 is 17.6 Å². The molecule has 7 heteroatoms. The smallest absolute Gasteiger partial charge is 0.292 e. The van der Waals surface area contributed by atoms with Gasteiger partial charge >= 0.3 is 0 Å². The number of halogens is 1. The number of hydrogen-bond acceptors (Lipinski definition) is 4. The third kappa shape index (κ3) is 3.72. The zero-order chi connectivity index (χ0) is 17.8. The van der Waals surface area contributed by atoms with Crippen LogP contribution in [0.1, 0.15) is 26.5 Å². The molecule has 3 aromatic rings. The number of pyridine rings is 1. The molecule has 0 radical (unpaired) electrons. The van der Waals surface area contributed by atoms with E-state index in [1.807, 2.05) is 0 Å². The molecule has 0 fully saturated rings. The van der Waals surface area contributed by atoms with Crippen molar-refractivity contribution < 1.29 is 18.4 Å². The van der Waals surface area contributed by atoms with Gasteiger partial charge in [-0.15, -0.1) is 0 Å². The van der Waals surface area contributed by atoms with Crippen LogP contribution in [0, 0.1) is 12.7 Å². The Kier molecular flexibility index (Phi) is 4.56. The van der Waals surface area contributed by atoms with Crippen molar-refractivity contribution in [3.05, 3.63) is 77.6 Å². The highest BCUT2D eigenvalue weighted by Crippen LogP contribution is 2.19. The predicted molar refractivity (Wildman–Crippen MR) is 90.0 cm³/mol. The molecule has 0 saturated carbocycles. The number of carbonyl (C=O) groups is 2. The highest BCUT2D eigenvalue weighted by Gasteiger charge is 2.14. The van der Waals surface area contributed by atoms with E-state index in [-0.39, 0.29) is 11.3 Å². The van der Waals surface area contributed by atoms with Gasteiger partial charge in [0, 0.05) is 0 Å². The molecule has 126 valence electrons. The second-order valence-electron chi connectivity index (χ2n) is 5.25. The number of aromatic nitrogens is 1. The predicted octanol–water partition coefficient (Wildman–Crippen LogP) is 3.63. The van der Waals surface area contributed by atoms with E-state index in [4.69, 9.17) is 4.42 Å². The molecule has 1 aromatic carbocycles. The molecule has 2 N–H and O–H groups in total. The number of benzene rings is 1. The third-order valence-corrected chi connectivity index (χ3v) is 3.46. The minimum Gasteiger partial charge on any atom is -0.459 e. The number of furan rings is 1. The molecule has 2 amide bonds. The summed E-state index contributed by atoms with van der Waals surface area (Å²) in [5.41, 5.74) is 1.02. The van der Waals surface area contributed by atoms with Gasteiger partial charge in [-0.3, -0.25) is 9.59 Å². The van der Waals surface area contributed by atoms with Crippen LogP contribution < -0.4 is 10.6 Å². The van der Waals surface area contributed by atoms with Gasteiger partial charge in [0.2, 0.25) is 0 Å². The molecule has 0 aliphatic rings. The molecule has 0 spiro atoms. The average molecular weight is 339 g/mol. The molecule has 3 rings (SSSR count). The zero-order valence-electron chi connectivity index (χ0n) is 13.2. The number of nitrogens with one attached hydrogen (secondary N) is 2. The first kappa shape index (κ1) is 16.4. The molecule has 0 saturated heterocycles. The number of rotatable bonds is 4. The lowest BCUT2D eigenvalue weighted by Crippen LogP contribution is -2.16. The summed E-state index contributed by atoms with van der Waals surface area (Å²) in [6, 6.07) is 10.4. The normalized spacial score (nSPS) is 10.3. The Morgan fingerprint density at radius 1 is 1.08 bits per heavy atom. The lowest BCUT2D eigenvalue weighted by Gasteiger charge is -2.10. The minimum absolute atomic E-state index is 0.0582. The van der Waals surface area contributed by atoms with Crippen molar-refractivity contribution in [3.63, 3.8) is 0 Å². The van der Waals surface area contributed by atoms with E-state index in [0.29, 0.717) is 17.1 Å². The topological polar surface area (TPSA) is 84.2 Å². The fourth-order valence-corrected chi connectivity index (χ4v) is 2.18. The molecule has 2 heterocycles. The second-order valence-corrected chi connectivity index (χ2v) is 5.25. The van der Waals surface area contributed by atoms with Crippen LogP contribution in [0.5, 0.6) is 0 Å². The summed E-state index contributed by atoms with van der Waals surface area (Å²) in [6.45, 7) is 1.74. The third-order valence-electron chi connectivity index (χ3n) is 3.46. The summed E-state index contributed by atoms with van der Waals surface area (Å²) in [6.07, 6.45) is 2.79. The molecule has 0 aliphatic carbocycles. The summed E-state index contributed by atoms with van der Waals surface area (Å²) in [4.78, 5) is 28.1. The van der Waals surface area contributed by atoms with Crippen LogP contribution in [0.25, 0.3) is 0 Å². The molecule has 0 unspecified atom stereocenters. The van der Waals surface area contributed by atoms with Crippen molar-refractivity contribution in [1.29, 1.82) is 0 Å². The molecular formula is C18H14FN3O3. The van der Waals surface area contributed by atoms with Crippen LogP contribution in [0.3, 0.4) is 0 Å². The van der Waals surface area contributed by atoms with E-state index in [9.17, 15) is 14.0 Å². The summed E-state index contributed by atoms with van der Waals surface area (Å²) < 4.78 is 18.7. The van der Waals surface area contributed by atoms with Crippen LogP contribution >= 0.6 is 0 Å². The van der Waals surface area contributed by atoms with E-state index in [1.165, 1.54) is 36.7 Å². The number of hydrogen-bond donors (Lipinski definition) is 2. The fourth-order valence-electron chi connectivity index (χ4n) is 2.18. The lowest BCUT2D eigenvalue weighted by atomic mass is 10.2. The minimum atomic E-state index is -0.604. The van der Waals surface area contributed by atoms with E-state index in [0.717, 1.165) is 0 Å². The van der Waals surface area contributed by atoms with Crippen molar-refractivity contribution in [2.24, 2.45) is 0 Å². The second kappa shape index (κ2) is 6.96. The Morgan fingerprint density at radius 3 is 2.56 bits per heavy atom. The highest BCUT2D eigenvalue weighted by atomic mass is 19.1. The lowest BCUT2D eigenvalue weighted by molar-refractivity contribution is 0.0993. The molecular weight excluding hydrogens is 325 g/mol. The first-order valence-corrected chi connectivity index (χ1v) is 7.42. The number of nitrogens with zero attached hydrogens (tertiary/aromatic N) is 1. The zero-order valence-corrected chi connectivity index (χ0v) is 13.2. The van der Waals surface area contributed by atoms with Crippen LogP contribution in [-0.2, 0) is 0 Å². The van der Waals surface area contributed by atoms with Gasteiger partial charge in [-0.05, 0) is 42.8 Å². The van der Waals surface area contributed by atoms with Gasteiger partial charge < -0.3 is 15.1 Å².